The molecule has 5 heterocycles. The molecular weight excluding hydrogens is 911 g/mol. The van der Waals surface area contributed by atoms with Crippen molar-refractivity contribution in [3.05, 3.63) is 107 Å². The number of benzene rings is 3. The number of aliphatic carboxylic acids is 1. The van der Waals surface area contributed by atoms with Crippen molar-refractivity contribution < 1.29 is 58.4 Å². The van der Waals surface area contributed by atoms with Crippen LogP contribution in [0.1, 0.15) is 59.5 Å². The van der Waals surface area contributed by atoms with E-state index in [0.29, 0.717) is 45.3 Å². The number of rotatable bonds is 14. The van der Waals surface area contributed by atoms with Gasteiger partial charge in [0.2, 0.25) is 41.4 Å². The summed E-state index contributed by atoms with van der Waals surface area (Å²) in [5.41, 5.74) is 20.7. The molecule has 1 unspecified atom stereocenters. The van der Waals surface area contributed by atoms with Gasteiger partial charge in [0.15, 0.2) is 6.10 Å². The standard InChI is InChI=1S/C47H55N11O12/c48-14-5-9-24-23-11-12-25-28(19-52-29(25)17-23)40-39(58-41(62)30(18-35(49)61)53-44(65)36(50)26-13-15-51-37-27(26)8-4-10-34(37)70-40)46(67)56-33(21-60)43(64)57-38(24)45(66)55-32(20-59)42(63)54-31(47(68)69)16-22-6-2-1-3-7-22/h1-4,6-8,10-13,15,17,19,24,26,30-33,36,38-40,51-52,59-60H,5,9,14,16,18,20-21,48,50H2,(H2,49,61)(H,53,65)(H,54,63)(H,55,66)(H,56,67)(H,57,64)(H,58,62)(H,68,69)/t24-,26?,30-,31-,32-,33-,36-,38-,39-,40+/m0/s1. The predicted molar refractivity (Wildman–Crippen MR) is 250 cm³/mol. The molecule has 4 aliphatic rings. The number of fused-ring (bicyclic) bond motifs is 7. The summed E-state index contributed by atoms with van der Waals surface area (Å²) in [7, 11) is 0. The molecule has 70 heavy (non-hydrogen) atoms. The maximum Gasteiger partial charge on any atom is 0.326 e. The summed E-state index contributed by atoms with van der Waals surface area (Å²) in [4.78, 5) is 113. The van der Waals surface area contributed by atoms with Crippen LogP contribution in [0, 0.1) is 0 Å². The smallest absolute Gasteiger partial charge is 0.326 e. The van der Waals surface area contributed by atoms with Gasteiger partial charge in [0.05, 0.1) is 31.4 Å². The minimum atomic E-state index is -1.84. The number of para-hydroxylation sites is 1. The van der Waals surface area contributed by atoms with Crippen molar-refractivity contribution in [2.45, 2.75) is 85.9 Å². The van der Waals surface area contributed by atoms with Crippen LogP contribution >= 0.6 is 0 Å². The van der Waals surface area contributed by atoms with Gasteiger partial charge < -0.3 is 79.5 Å². The van der Waals surface area contributed by atoms with E-state index in [2.05, 4.69) is 42.2 Å². The largest absolute Gasteiger partial charge is 0.481 e. The number of carboxylic acids is 1. The highest BCUT2D eigenvalue weighted by molar-refractivity contribution is 5.99. The quantitative estimate of drug-likeness (QED) is 0.0626. The Labute approximate surface area is 399 Å². The normalized spacial score (nSPS) is 24.2. The number of nitrogens with two attached hydrogens (primary N) is 3. The van der Waals surface area contributed by atoms with Gasteiger partial charge in [-0.3, -0.25) is 33.6 Å². The lowest BCUT2D eigenvalue weighted by Crippen LogP contribution is -2.62. The van der Waals surface area contributed by atoms with Crippen LogP contribution in [0.15, 0.2) is 85.2 Å². The lowest BCUT2D eigenvalue weighted by Gasteiger charge is -2.33. The van der Waals surface area contributed by atoms with Crippen molar-refractivity contribution in [3.8, 4) is 5.75 Å². The van der Waals surface area contributed by atoms with E-state index in [1.807, 2.05) is 0 Å². The first-order valence-corrected chi connectivity index (χ1v) is 22.5. The highest BCUT2D eigenvalue weighted by Gasteiger charge is 2.42. The van der Waals surface area contributed by atoms with Gasteiger partial charge in [-0.15, -0.1) is 0 Å². The fourth-order valence-corrected chi connectivity index (χ4v) is 8.88. The Morgan fingerprint density at radius 1 is 0.814 bits per heavy atom. The Morgan fingerprint density at radius 3 is 2.26 bits per heavy atom. The number of aromatic nitrogens is 1. The van der Waals surface area contributed by atoms with E-state index < -0.39 is 127 Å². The summed E-state index contributed by atoms with van der Waals surface area (Å²) >= 11 is 0. The SMILES string of the molecule is NCCC[C@H]1c2ccc3c(c[nH]c3c2)[C@H]2Oc3cccc4c3NC=CC4[C@H](N)C(=O)N[C@@H](CC(N)=O)C(=O)N[C@@H]2C(=O)N[C@@H](CO)C(=O)N[C@@H]1C(=O)N[C@@H](CO)C(=O)N[C@@H](Cc1ccccc1)C(=O)O. The molecule has 8 bridgehead atoms. The van der Waals surface area contributed by atoms with Crippen molar-refractivity contribution >= 4 is 63.9 Å². The fourth-order valence-electron chi connectivity index (χ4n) is 8.88. The fraction of sp³-hybridized carbons (Fsp3) is 0.362. The molecule has 0 radical (unpaired) electrons. The number of ether oxygens (including phenoxy) is 1. The number of amides is 7. The topological polar surface area (TPSA) is 385 Å². The number of aliphatic hydroxyl groups is 2. The highest BCUT2D eigenvalue weighted by Crippen LogP contribution is 2.42. The molecule has 7 amide bonds. The molecule has 0 aliphatic carbocycles. The van der Waals surface area contributed by atoms with Crippen molar-refractivity contribution in [3.63, 3.8) is 0 Å². The van der Waals surface area contributed by atoms with E-state index >= 15 is 0 Å². The molecule has 10 atom stereocenters. The molecular formula is C47H55N11O12. The van der Waals surface area contributed by atoms with E-state index in [1.54, 1.807) is 79.0 Å². The predicted octanol–water partition coefficient (Wildman–Crippen LogP) is -2.42. The van der Waals surface area contributed by atoms with E-state index in [0.717, 1.165) is 0 Å². The summed E-state index contributed by atoms with van der Waals surface area (Å²) in [6.07, 6.45) is 2.91. The summed E-state index contributed by atoms with van der Waals surface area (Å²) in [5, 5.41) is 49.6. The number of hydrogen-bond donors (Lipinski definition) is 14. The van der Waals surface area contributed by atoms with Crippen LogP contribution < -0.4 is 59.2 Å². The molecule has 8 rings (SSSR count). The van der Waals surface area contributed by atoms with Gasteiger partial charge in [0, 0.05) is 40.9 Å². The molecule has 17 N–H and O–H groups in total. The highest BCUT2D eigenvalue weighted by atomic mass is 16.5. The average molecular weight is 966 g/mol. The number of aromatic amines is 1. The van der Waals surface area contributed by atoms with E-state index in [9.17, 15) is 53.7 Å². The first kappa shape index (κ1) is 50.0. The zero-order chi connectivity index (χ0) is 50.2. The molecule has 370 valence electrons. The van der Waals surface area contributed by atoms with Crippen LogP contribution in [-0.2, 0) is 44.8 Å². The number of anilines is 1. The van der Waals surface area contributed by atoms with Gasteiger partial charge in [-0.05, 0) is 54.4 Å². The van der Waals surface area contributed by atoms with E-state index in [4.69, 9.17) is 21.9 Å². The van der Waals surface area contributed by atoms with Gasteiger partial charge in [0.25, 0.3) is 0 Å². The average Bonchev–Trinajstić information content (AvgIpc) is 3.77. The Hall–Kier alpha value is -7.86. The minimum Gasteiger partial charge on any atom is -0.481 e. The number of carboxylic acid groups (broad SMARTS) is 1. The first-order chi connectivity index (χ1) is 33.6. The van der Waals surface area contributed by atoms with Gasteiger partial charge >= 0.3 is 5.97 Å². The van der Waals surface area contributed by atoms with Crippen molar-refractivity contribution in [1.82, 2.24) is 36.9 Å². The number of H-pyrrole nitrogens is 1. The summed E-state index contributed by atoms with van der Waals surface area (Å²) < 4.78 is 6.74. The number of hydrogen-bond acceptors (Lipinski definition) is 14. The third-order valence-corrected chi connectivity index (χ3v) is 12.5. The lowest BCUT2D eigenvalue weighted by atomic mass is 9.85. The van der Waals surface area contributed by atoms with Gasteiger partial charge in [-0.25, -0.2) is 4.79 Å². The van der Waals surface area contributed by atoms with Gasteiger partial charge in [-0.2, -0.15) is 0 Å². The Bertz CT molecular complexity index is 2680. The molecule has 23 heteroatoms. The second-order valence-corrected chi connectivity index (χ2v) is 17.2. The van der Waals surface area contributed by atoms with E-state index in [-0.39, 0.29) is 25.1 Å². The van der Waals surface area contributed by atoms with Gasteiger partial charge in [0.1, 0.15) is 42.0 Å². The zero-order valence-corrected chi connectivity index (χ0v) is 37.6. The number of aliphatic hydroxyl groups excluding tert-OH is 2. The monoisotopic (exact) mass is 965 g/mol. The lowest BCUT2D eigenvalue weighted by molar-refractivity contribution is -0.142. The molecule has 0 saturated heterocycles. The molecule has 0 saturated carbocycles. The number of primary amides is 1. The second-order valence-electron chi connectivity index (χ2n) is 17.2. The van der Waals surface area contributed by atoms with Crippen LogP contribution in [0.2, 0.25) is 0 Å². The van der Waals surface area contributed by atoms with Crippen molar-refractivity contribution in [1.29, 1.82) is 0 Å². The van der Waals surface area contributed by atoms with Crippen molar-refractivity contribution in [2.75, 3.05) is 25.1 Å². The summed E-state index contributed by atoms with van der Waals surface area (Å²) in [5.74, 6) is -10.0. The maximum absolute atomic E-state index is 14.8. The Morgan fingerprint density at radius 2 is 1.56 bits per heavy atom. The zero-order valence-electron chi connectivity index (χ0n) is 37.6. The van der Waals surface area contributed by atoms with Crippen molar-refractivity contribution in [2.24, 2.45) is 17.2 Å². The van der Waals surface area contributed by atoms with Crippen LogP contribution in [0.3, 0.4) is 0 Å². The minimum absolute atomic E-state index is 0.120. The third-order valence-electron chi connectivity index (χ3n) is 12.5. The number of nitrogens with one attached hydrogen (secondary N) is 8. The molecule has 1 aromatic heterocycles. The van der Waals surface area contributed by atoms with Crippen LogP contribution in [0.4, 0.5) is 5.69 Å². The van der Waals surface area contributed by atoms with Crippen LogP contribution in [0.5, 0.6) is 5.75 Å². The maximum atomic E-state index is 14.8. The molecule has 0 fully saturated rings. The van der Waals surface area contributed by atoms with Crippen LogP contribution in [-0.4, -0.2) is 130 Å². The van der Waals surface area contributed by atoms with Crippen LogP contribution in [0.25, 0.3) is 10.9 Å². The Kier molecular flexibility index (Phi) is 15.8. The van der Waals surface area contributed by atoms with E-state index in [1.165, 1.54) is 6.20 Å². The molecule has 4 aromatic rings. The molecule has 4 aliphatic heterocycles. The molecule has 23 nitrogen and oxygen atoms in total. The summed E-state index contributed by atoms with van der Waals surface area (Å²) in [6.45, 7) is -1.89. The third kappa shape index (κ3) is 11.0. The number of carbonyl (C=O) groups is 8. The molecule has 0 spiro atoms. The number of carbonyl (C=O) groups excluding carboxylic acids is 7. The second kappa shape index (κ2) is 22.1. The first-order valence-electron chi connectivity index (χ1n) is 22.5. The summed E-state index contributed by atoms with van der Waals surface area (Å²) in [6, 6.07) is 7.06. The Balaban J connectivity index is 1.31. The molecule has 3 aromatic carbocycles. The van der Waals surface area contributed by atoms with Gasteiger partial charge in [-0.1, -0.05) is 60.7 Å².